The first-order chi connectivity index (χ1) is 4.77. The molecule has 0 spiro atoms. The van der Waals surface area contributed by atoms with Crippen LogP contribution in [0.4, 0.5) is 0 Å². The zero-order valence-corrected chi connectivity index (χ0v) is 9.22. The Hall–Kier alpha value is 0.500. The molecule has 0 rings (SSSR count). The van der Waals surface area contributed by atoms with E-state index in [0.717, 1.165) is 17.5 Å². The monoisotopic (exact) mass is 226 g/mol. The van der Waals surface area contributed by atoms with Crippen molar-refractivity contribution in [1.82, 2.24) is 0 Å². The van der Waals surface area contributed by atoms with Crippen molar-refractivity contribution < 1.29 is 4.79 Å². The highest BCUT2D eigenvalue weighted by Gasteiger charge is 1.90. The van der Waals surface area contributed by atoms with Gasteiger partial charge in [0.15, 0.2) is 5.12 Å². The van der Waals surface area contributed by atoms with Crippen LogP contribution in [0.5, 0.6) is 0 Å². The lowest BCUT2D eigenvalue weighted by molar-refractivity contribution is -0.109. The number of halogens is 1. The number of rotatable bonds is 3. The van der Waals surface area contributed by atoms with E-state index in [9.17, 15) is 4.79 Å². The van der Waals surface area contributed by atoms with Gasteiger partial charge in [0.05, 0.1) is 0 Å². The summed E-state index contributed by atoms with van der Waals surface area (Å²) in [6, 6.07) is 0. The van der Waals surface area contributed by atoms with Gasteiger partial charge in [-0.25, -0.2) is 0 Å². The second-order valence-corrected chi connectivity index (χ2v) is 3.45. The maximum Gasteiger partial charge on any atom is 0.185 e. The van der Waals surface area contributed by atoms with Crippen LogP contribution in [-0.2, 0) is 4.79 Å². The number of alkyl halides is 1. The summed E-state index contributed by atoms with van der Waals surface area (Å²) < 4.78 is 0. The van der Waals surface area contributed by atoms with Gasteiger partial charge in [-0.1, -0.05) is 41.5 Å². The van der Waals surface area contributed by atoms with Gasteiger partial charge in [-0.05, 0) is 6.42 Å². The van der Waals surface area contributed by atoms with Crippen LogP contribution >= 0.6 is 27.7 Å². The third-order valence-corrected chi connectivity index (χ3v) is 2.04. The van der Waals surface area contributed by atoms with E-state index >= 15 is 0 Å². The highest BCUT2D eigenvalue weighted by Crippen LogP contribution is 2.03. The molecule has 0 N–H and O–H groups in total. The molecule has 0 bridgehead atoms. The van der Waals surface area contributed by atoms with Crippen LogP contribution in [0.2, 0.25) is 0 Å². The minimum Gasteiger partial charge on any atom is -0.288 e. The summed E-state index contributed by atoms with van der Waals surface area (Å²) in [6.07, 6.45) is 1.07. The summed E-state index contributed by atoms with van der Waals surface area (Å²) in [5.74, 6) is 0.945. The predicted octanol–water partition coefficient (Wildman–Crippen LogP) is 3.08. The van der Waals surface area contributed by atoms with Gasteiger partial charge in [0, 0.05) is 18.0 Å². The topological polar surface area (TPSA) is 17.1 Å². The van der Waals surface area contributed by atoms with Crippen molar-refractivity contribution in [2.45, 2.75) is 27.2 Å². The second-order valence-electron chi connectivity index (χ2n) is 1.38. The molecule has 0 aromatic heterocycles. The molecule has 0 heterocycles. The Kier molecular flexibility index (Phi) is 16.0. The molecule has 0 fully saturated rings. The Balaban J connectivity index is 0. The lowest BCUT2D eigenvalue weighted by atomic mass is 10.6. The van der Waals surface area contributed by atoms with Crippen molar-refractivity contribution in [2.24, 2.45) is 0 Å². The fourth-order valence-electron chi connectivity index (χ4n) is 0.270. The van der Waals surface area contributed by atoms with E-state index in [1.165, 1.54) is 11.8 Å². The Morgan fingerprint density at radius 1 is 1.50 bits per heavy atom. The molecule has 0 unspecified atom stereocenters. The highest BCUT2D eigenvalue weighted by atomic mass is 79.9. The first-order valence-corrected chi connectivity index (χ1v) is 5.57. The molecule has 0 saturated heterocycles. The fraction of sp³-hybridized carbons (Fsp3) is 0.857. The first-order valence-electron chi connectivity index (χ1n) is 3.46. The van der Waals surface area contributed by atoms with Gasteiger partial charge in [0.2, 0.25) is 0 Å². The minimum absolute atomic E-state index is 0.214. The maximum atomic E-state index is 10.3. The number of hydrogen-bond donors (Lipinski definition) is 0. The Labute approximate surface area is 76.1 Å². The lowest BCUT2D eigenvalue weighted by Crippen LogP contribution is -1.85. The number of carbonyl (C=O) groups is 1. The number of thioether (sulfide) groups is 1. The van der Waals surface area contributed by atoms with E-state index in [1.54, 1.807) is 6.92 Å². The Morgan fingerprint density at radius 2 is 2.00 bits per heavy atom. The third-order valence-electron chi connectivity index (χ3n) is 0.583. The molecular formula is C7H15BrOS. The third kappa shape index (κ3) is 15.8. The summed E-state index contributed by atoms with van der Waals surface area (Å²) in [7, 11) is 0. The highest BCUT2D eigenvalue weighted by molar-refractivity contribution is 9.09. The van der Waals surface area contributed by atoms with Crippen LogP contribution in [0.25, 0.3) is 0 Å². The van der Waals surface area contributed by atoms with Gasteiger partial charge >= 0.3 is 0 Å². The summed E-state index contributed by atoms with van der Waals surface area (Å²) in [5, 5.41) is 1.21. The molecule has 0 aliphatic rings. The van der Waals surface area contributed by atoms with Crippen molar-refractivity contribution in [3.63, 3.8) is 0 Å². The van der Waals surface area contributed by atoms with Gasteiger partial charge in [0.25, 0.3) is 0 Å². The van der Waals surface area contributed by atoms with Crippen LogP contribution in [0.15, 0.2) is 0 Å². The van der Waals surface area contributed by atoms with Gasteiger partial charge < -0.3 is 0 Å². The lowest BCUT2D eigenvalue weighted by Gasteiger charge is -1.89. The van der Waals surface area contributed by atoms with Crippen molar-refractivity contribution in [2.75, 3.05) is 11.1 Å². The largest absolute Gasteiger partial charge is 0.288 e. The Morgan fingerprint density at radius 3 is 2.30 bits per heavy atom. The summed E-state index contributed by atoms with van der Waals surface area (Å²) >= 11 is 4.66. The van der Waals surface area contributed by atoms with Gasteiger partial charge in [-0.3, -0.25) is 4.79 Å². The van der Waals surface area contributed by atoms with Crippen molar-refractivity contribution in [3.05, 3.63) is 0 Å². The van der Waals surface area contributed by atoms with Crippen molar-refractivity contribution >= 4 is 32.8 Å². The number of carbonyl (C=O) groups excluding carboxylic acids is 1. The molecule has 0 aromatic rings. The molecule has 0 amide bonds. The molecule has 0 aromatic carbocycles. The molecular weight excluding hydrogens is 212 g/mol. The average Bonchev–Trinajstić information content (AvgIpc) is 1.92. The van der Waals surface area contributed by atoms with Crippen LogP contribution in [0.3, 0.4) is 0 Å². The van der Waals surface area contributed by atoms with E-state index < -0.39 is 0 Å². The molecule has 10 heavy (non-hydrogen) atoms. The van der Waals surface area contributed by atoms with Crippen LogP contribution < -0.4 is 0 Å². The molecule has 1 nitrogen and oxygen atoms in total. The van der Waals surface area contributed by atoms with Crippen molar-refractivity contribution in [3.8, 4) is 0 Å². The van der Waals surface area contributed by atoms with Crippen molar-refractivity contribution in [1.29, 1.82) is 0 Å². The number of hydrogen-bond acceptors (Lipinski definition) is 2. The predicted molar refractivity (Wildman–Crippen MR) is 52.9 cm³/mol. The maximum absolute atomic E-state index is 10.3. The zero-order valence-electron chi connectivity index (χ0n) is 6.82. The molecule has 3 heteroatoms. The fourth-order valence-corrected chi connectivity index (χ4v) is 1.50. The van der Waals surface area contributed by atoms with Gasteiger partial charge in [0.1, 0.15) is 0 Å². The molecule has 0 radical (unpaired) electrons. The average molecular weight is 227 g/mol. The quantitative estimate of drug-likeness (QED) is 0.544. The van der Waals surface area contributed by atoms with Crippen LogP contribution in [-0.4, -0.2) is 16.2 Å². The molecule has 0 aliphatic carbocycles. The Bertz CT molecular complexity index is 76.0. The molecule has 0 aliphatic heterocycles. The first kappa shape index (κ1) is 13.1. The molecule has 62 valence electrons. The summed E-state index contributed by atoms with van der Waals surface area (Å²) in [6.45, 7) is 5.60. The molecule has 0 saturated carbocycles. The minimum atomic E-state index is 0.214. The second kappa shape index (κ2) is 12.2. The summed E-state index contributed by atoms with van der Waals surface area (Å²) in [4.78, 5) is 10.3. The molecule has 0 atom stereocenters. The van der Waals surface area contributed by atoms with E-state index in [0.29, 0.717) is 0 Å². The SMILES string of the molecule is CC.CC(=O)SCCCBr. The normalized spacial score (nSPS) is 8.00. The van der Waals surface area contributed by atoms with E-state index in [2.05, 4.69) is 15.9 Å². The van der Waals surface area contributed by atoms with Crippen LogP contribution in [0, 0.1) is 0 Å². The summed E-state index contributed by atoms with van der Waals surface area (Å²) in [5.41, 5.74) is 0. The van der Waals surface area contributed by atoms with Crippen LogP contribution in [0.1, 0.15) is 27.2 Å². The van der Waals surface area contributed by atoms with E-state index in [4.69, 9.17) is 0 Å². The van der Waals surface area contributed by atoms with E-state index in [-0.39, 0.29) is 5.12 Å². The smallest absolute Gasteiger partial charge is 0.185 e. The van der Waals surface area contributed by atoms with E-state index in [1.807, 2.05) is 13.8 Å². The van der Waals surface area contributed by atoms with Gasteiger partial charge in [-0.2, -0.15) is 0 Å². The van der Waals surface area contributed by atoms with Gasteiger partial charge in [-0.15, -0.1) is 0 Å². The zero-order chi connectivity index (χ0) is 8.41. The standard InChI is InChI=1S/C5H9BrOS.C2H6/c1-5(7)8-4-2-3-6;1-2/h2-4H2,1H3;1-2H3.